The fraction of sp³-hybridized carbons (Fsp3) is 0.692. The van der Waals surface area contributed by atoms with Crippen LogP contribution >= 0.6 is 11.3 Å². The van der Waals surface area contributed by atoms with Gasteiger partial charge in [0, 0.05) is 17.5 Å². The molecule has 0 aliphatic carbocycles. The molecule has 16 heavy (non-hydrogen) atoms. The molecule has 0 bridgehead atoms. The lowest BCUT2D eigenvalue weighted by Crippen LogP contribution is -2.43. The van der Waals surface area contributed by atoms with Gasteiger partial charge in [-0.2, -0.15) is 0 Å². The SMILES string of the molecule is CCC(NCC(C)(O)C(C)C)c1cccs1. The summed E-state index contributed by atoms with van der Waals surface area (Å²) in [5, 5.41) is 15.7. The van der Waals surface area contributed by atoms with Crippen LogP contribution in [0, 0.1) is 5.92 Å². The maximum atomic E-state index is 10.2. The molecule has 2 N–H and O–H groups in total. The molecule has 0 amide bonds. The van der Waals surface area contributed by atoms with E-state index in [1.54, 1.807) is 11.3 Å². The fourth-order valence-corrected chi connectivity index (χ4v) is 2.36. The van der Waals surface area contributed by atoms with Gasteiger partial charge in [-0.15, -0.1) is 11.3 Å². The Kier molecular flexibility index (Phi) is 4.96. The summed E-state index contributed by atoms with van der Waals surface area (Å²) in [4.78, 5) is 1.35. The predicted molar refractivity (Wildman–Crippen MR) is 70.8 cm³/mol. The molecular formula is C13H23NOS. The highest BCUT2D eigenvalue weighted by molar-refractivity contribution is 7.10. The first-order chi connectivity index (χ1) is 7.47. The Morgan fingerprint density at radius 3 is 2.62 bits per heavy atom. The van der Waals surface area contributed by atoms with Crippen molar-refractivity contribution in [1.82, 2.24) is 5.32 Å². The van der Waals surface area contributed by atoms with Gasteiger partial charge in [0.1, 0.15) is 0 Å². The molecular weight excluding hydrogens is 218 g/mol. The average molecular weight is 241 g/mol. The van der Waals surface area contributed by atoms with E-state index < -0.39 is 5.60 Å². The molecule has 2 atom stereocenters. The molecule has 0 radical (unpaired) electrons. The molecule has 3 heteroatoms. The zero-order valence-electron chi connectivity index (χ0n) is 10.7. The van der Waals surface area contributed by atoms with Crippen molar-refractivity contribution >= 4 is 11.3 Å². The molecule has 0 saturated carbocycles. The third-order valence-electron chi connectivity index (χ3n) is 3.25. The van der Waals surface area contributed by atoms with Gasteiger partial charge < -0.3 is 10.4 Å². The first-order valence-corrected chi connectivity index (χ1v) is 6.84. The Morgan fingerprint density at radius 2 is 2.19 bits per heavy atom. The Morgan fingerprint density at radius 1 is 1.50 bits per heavy atom. The molecule has 1 rings (SSSR count). The lowest BCUT2D eigenvalue weighted by atomic mass is 9.92. The normalized spacial score (nSPS) is 17.4. The molecule has 0 aliphatic heterocycles. The highest BCUT2D eigenvalue weighted by Crippen LogP contribution is 2.23. The summed E-state index contributed by atoms with van der Waals surface area (Å²) in [6, 6.07) is 4.59. The second kappa shape index (κ2) is 5.80. The Hall–Kier alpha value is -0.380. The minimum Gasteiger partial charge on any atom is -0.389 e. The van der Waals surface area contributed by atoms with Gasteiger partial charge in [-0.1, -0.05) is 26.8 Å². The monoisotopic (exact) mass is 241 g/mol. The van der Waals surface area contributed by atoms with E-state index in [0.717, 1.165) is 6.42 Å². The summed E-state index contributed by atoms with van der Waals surface area (Å²) in [5.74, 6) is 0.265. The largest absolute Gasteiger partial charge is 0.389 e. The third kappa shape index (κ3) is 3.58. The van der Waals surface area contributed by atoms with Crippen molar-refractivity contribution in [3.8, 4) is 0 Å². The molecule has 0 saturated heterocycles. The van der Waals surface area contributed by atoms with Crippen LogP contribution in [0.2, 0.25) is 0 Å². The summed E-state index contributed by atoms with van der Waals surface area (Å²) in [7, 11) is 0. The zero-order valence-corrected chi connectivity index (χ0v) is 11.5. The van der Waals surface area contributed by atoms with Crippen LogP contribution in [0.1, 0.15) is 45.0 Å². The van der Waals surface area contributed by atoms with E-state index in [2.05, 4.69) is 29.8 Å². The highest BCUT2D eigenvalue weighted by Gasteiger charge is 2.25. The Labute approximate surface area is 103 Å². The van der Waals surface area contributed by atoms with Crippen LogP contribution in [-0.2, 0) is 0 Å². The van der Waals surface area contributed by atoms with Crippen LogP contribution < -0.4 is 5.32 Å². The van der Waals surface area contributed by atoms with E-state index in [-0.39, 0.29) is 5.92 Å². The standard InChI is InChI=1S/C13H23NOS/c1-5-11(12-7-6-8-16-12)14-9-13(4,15)10(2)3/h6-8,10-11,14-15H,5,9H2,1-4H3. The van der Waals surface area contributed by atoms with Gasteiger partial charge in [-0.3, -0.25) is 0 Å². The van der Waals surface area contributed by atoms with Crippen LogP contribution in [-0.4, -0.2) is 17.3 Å². The van der Waals surface area contributed by atoms with Crippen molar-refractivity contribution in [3.63, 3.8) is 0 Å². The topological polar surface area (TPSA) is 32.3 Å². The summed E-state index contributed by atoms with van der Waals surface area (Å²) in [6.07, 6.45) is 1.05. The predicted octanol–water partition coefficient (Wildman–Crippen LogP) is 3.20. The summed E-state index contributed by atoms with van der Waals surface area (Å²) in [6.45, 7) is 8.80. The molecule has 2 unspecified atom stereocenters. The quantitative estimate of drug-likeness (QED) is 0.801. The first-order valence-electron chi connectivity index (χ1n) is 5.96. The molecule has 0 fully saturated rings. The van der Waals surface area contributed by atoms with Gasteiger partial charge in [0.15, 0.2) is 0 Å². The first kappa shape index (κ1) is 13.7. The van der Waals surface area contributed by atoms with E-state index in [1.165, 1.54) is 4.88 Å². The second-order valence-corrected chi connectivity index (χ2v) is 5.85. The van der Waals surface area contributed by atoms with E-state index in [9.17, 15) is 5.11 Å². The molecule has 1 aromatic heterocycles. The number of hydrogen-bond donors (Lipinski definition) is 2. The maximum Gasteiger partial charge on any atom is 0.0766 e. The van der Waals surface area contributed by atoms with E-state index in [1.807, 2.05) is 20.8 Å². The molecule has 1 aromatic rings. The van der Waals surface area contributed by atoms with Crippen molar-refractivity contribution in [2.24, 2.45) is 5.92 Å². The number of thiophene rings is 1. The highest BCUT2D eigenvalue weighted by atomic mass is 32.1. The van der Waals surface area contributed by atoms with Gasteiger partial charge >= 0.3 is 0 Å². The van der Waals surface area contributed by atoms with E-state index in [4.69, 9.17) is 0 Å². The molecule has 0 aromatic carbocycles. The molecule has 0 aliphatic rings. The van der Waals surface area contributed by atoms with Crippen LogP contribution in [0.15, 0.2) is 17.5 Å². The van der Waals surface area contributed by atoms with Crippen molar-refractivity contribution in [2.45, 2.75) is 45.8 Å². The Balaban J connectivity index is 2.53. The summed E-state index contributed by atoms with van der Waals surface area (Å²) >= 11 is 1.77. The van der Waals surface area contributed by atoms with Crippen LogP contribution in [0.3, 0.4) is 0 Å². The lowest BCUT2D eigenvalue weighted by Gasteiger charge is -2.30. The van der Waals surface area contributed by atoms with Gasteiger partial charge in [-0.05, 0) is 30.7 Å². The minimum absolute atomic E-state index is 0.265. The van der Waals surface area contributed by atoms with Crippen LogP contribution in [0.5, 0.6) is 0 Å². The number of aliphatic hydroxyl groups is 1. The van der Waals surface area contributed by atoms with Gasteiger partial charge in [0.2, 0.25) is 0 Å². The smallest absolute Gasteiger partial charge is 0.0766 e. The molecule has 92 valence electrons. The van der Waals surface area contributed by atoms with Crippen molar-refractivity contribution < 1.29 is 5.11 Å². The number of hydrogen-bond acceptors (Lipinski definition) is 3. The summed E-state index contributed by atoms with van der Waals surface area (Å²) < 4.78 is 0. The lowest BCUT2D eigenvalue weighted by molar-refractivity contribution is 0.0117. The number of rotatable bonds is 6. The van der Waals surface area contributed by atoms with E-state index >= 15 is 0 Å². The third-order valence-corrected chi connectivity index (χ3v) is 4.23. The van der Waals surface area contributed by atoms with Gasteiger partial charge in [0.05, 0.1) is 5.60 Å². The van der Waals surface area contributed by atoms with Crippen LogP contribution in [0.4, 0.5) is 0 Å². The minimum atomic E-state index is -0.634. The molecule has 0 spiro atoms. The molecule has 2 nitrogen and oxygen atoms in total. The number of nitrogens with one attached hydrogen (secondary N) is 1. The molecule has 1 heterocycles. The van der Waals surface area contributed by atoms with Crippen molar-refractivity contribution in [1.29, 1.82) is 0 Å². The van der Waals surface area contributed by atoms with Crippen molar-refractivity contribution in [2.75, 3.05) is 6.54 Å². The second-order valence-electron chi connectivity index (χ2n) is 4.87. The van der Waals surface area contributed by atoms with Gasteiger partial charge in [0.25, 0.3) is 0 Å². The Bertz CT molecular complexity index is 293. The van der Waals surface area contributed by atoms with Crippen molar-refractivity contribution in [3.05, 3.63) is 22.4 Å². The van der Waals surface area contributed by atoms with Crippen LogP contribution in [0.25, 0.3) is 0 Å². The van der Waals surface area contributed by atoms with Gasteiger partial charge in [-0.25, -0.2) is 0 Å². The maximum absolute atomic E-state index is 10.2. The average Bonchev–Trinajstić information content (AvgIpc) is 2.71. The summed E-state index contributed by atoms with van der Waals surface area (Å²) in [5.41, 5.74) is -0.634. The fourth-order valence-electron chi connectivity index (χ4n) is 1.47. The van der Waals surface area contributed by atoms with E-state index in [0.29, 0.717) is 12.6 Å². The zero-order chi connectivity index (χ0) is 12.2.